The standard InChI is InChI=1S/C32H35NO3/c1-20(2)22(4)30(32(34)35)17-21(3)29-18-25(36-31-16-9-8-14-28(29)31)19-33-23(5)26-15-10-12-24-11-6-7-13-27(24)26/h6-17,23,25,29,33H,3,18-19H2,1-2,4-5H3,(H,34,35)/b30-17+/t23-,25-,29+/m1/s1. The Hall–Kier alpha value is -3.63. The van der Waals surface area contributed by atoms with E-state index in [1.165, 1.54) is 16.3 Å². The van der Waals surface area contributed by atoms with Gasteiger partial charge in [0.15, 0.2) is 0 Å². The van der Waals surface area contributed by atoms with Gasteiger partial charge in [-0.1, -0.05) is 72.8 Å². The van der Waals surface area contributed by atoms with Crippen molar-refractivity contribution in [2.24, 2.45) is 0 Å². The first-order valence-electron chi connectivity index (χ1n) is 12.5. The van der Waals surface area contributed by atoms with E-state index in [-0.39, 0.29) is 18.1 Å². The predicted molar refractivity (Wildman–Crippen MR) is 147 cm³/mol. The van der Waals surface area contributed by atoms with Crippen molar-refractivity contribution in [1.82, 2.24) is 5.32 Å². The summed E-state index contributed by atoms with van der Waals surface area (Å²) in [5.74, 6) is -0.116. The molecule has 0 saturated heterocycles. The summed E-state index contributed by atoms with van der Waals surface area (Å²) in [6.45, 7) is 12.9. The molecular formula is C32H35NO3. The monoisotopic (exact) mass is 481 g/mol. The number of carbonyl (C=O) groups is 1. The van der Waals surface area contributed by atoms with Crippen molar-refractivity contribution in [3.05, 3.63) is 113 Å². The van der Waals surface area contributed by atoms with Crippen LogP contribution in [0.1, 0.15) is 57.2 Å². The van der Waals surface area contributed by atoms with Crippen LogP contribution in [0.25, 0.3) is 10.8 Å². The van der Waals surface area contributed by atoms with Crippen molar-refractivity contribution < 1.29 is 14.6 Å². The number of benzene rings is 3. The fraction of sp³-hybridized carbons (Fsp3) is 0.281. The summed E-state index contributed by atoms with van der Waals surface area (Å²) in [5.41, 5.74) is 5.15. The summed E-state index contributed by atoms with van der Waals surface area (Å²) < 4.78 is 6.37. The fourth-order valence-corrected chi connectivity index (χ4v) is 4.90. The number of rotatable bonds is 8. The molecule has 0 aromatic heterocycles. The first-order valence-corrected chi connectivity index (χ1v) is 12.5. The van der Waals surface area contributed by atoms with Gasteiger partial charge in [0.1, 0.15) is 11.9 Å². The van der Waals surface area contributed by atoms with Crippen molar-refractivity contribution in [2.75, 3.05) is 6.54 Å². The van der Waals surface area contributed by atoms with Gasteiger partial charge < -0.3 is 15.2 Å². The molecule has 0 fully saturated rings. The first-order chi connectivity index (χ1) is 17.3. The van der Waals surface area contributed by atoms with Gasteiger partial charge in [-0.3, -0.25) is 0 Å². The number of hydrogen-bond acceptors (Lipinski definition) is 3. The number of carboxylic acid groups (broad SMARTS) is 1. The van der Waals surface area contributed by atoms with E-state index in [0.29, 0.717) is 12.1 Å². The van der Waals surface area contributed by atoms with E-state index in [1.807, 2.05) is 39.0 Å². The minimum absolute atomic E-state index is 0.0195. The zero-order valence-corrected chi connectivity index (χ0v) is 21.5. The Morgan fingerprint density at radius 3 is 2.53 bits per heavy atom. The second-order valence-corrected chi connectivity index (χ2v) is 9.83. The summed E-state index contributed by atoms with van der Waals surface area (Å²) in [4.78, 5) is 12.0. The Morgan fingerprint density at radius 2 is 1.78 bits per heavy atom. The number of carboxylic acids is 1. The number of nitrogens with one attached hydrogen (secondary N) is 1. The Bertz CT molecular complexity index is 1340. The van der Waals surface area contributed by atoms with Crippen LogP contribution in [0.5, 0.6) is 5.75 Å². The molecule has 1 aliphatic rings. The third-order valence-corrected chi connectivity index (χ3v) is 7.19. The van der Waals surface area contributed by atoms with Crippen LogP contribution in [0.4, 0.5) is 0 Å². The van der Waals surface area contributed by atoms with Crippen molar-refractivity contribution in [2.45, 2.75) is 52.2 Å². The maximum Gasteiger partial charge on any atom is 0.335 e. The second-order valence-electron chi connectivity index (χ2n) is 9.83. The quantitative estimate of drug-likeness (QED) is 0.261. The zero-order valence-electron chi connectivity index (χ0n) is 21.5. The number of ether oxygens (including phenoxy) is 1. The Kier molecular flexibility index (Phi) is 7.76. The molecule has 4 heteroatoms. The van der Waals surface area contributed by atoms with E-state index in [2.05, 4.69) is 67.4 Å². The van der Waals surface area contributed by atoms with Crippen molar-refractivity contribution >= 4 is 16.7 Å². The number of hydrogen-bond donors (Lipinski definition) is 2. The van der Waals surface area contributed by atoms with E-state index in [9.17, 15) is 9.90 Å². The van der Waals surface area contributed by atoms with E-state index in [0.717, 1.165) is 34.5 Å². The maximum absolute atomic E-state index is 12.0. The van der Waals surface area contributed by atoms with Gasteiger partial charge in [0.05, 0.1) is 5.57 Å². The summed E-state index contributed by atoms with van der Waals surface area (Å²) in [5, 5.41) is 16.0. The molecule has 2 N–H and O–H groups in total. The van der Waals surface area contributed by atoms with Gasteiger partial charge in [0.25, 0.3) is 0 Å². The Morgan fingerprint density at radius 1 is 1.08 bits per heavy atom. The molecule has 3 aromatic rings. The molecule has 3 aromatic carbocycles. The van der Waals surface area contributed by atoms with Crippen molar-refractivity contribution in [3.8, 4) is 5.75 Å². The second kappa shape index (κ2) is 11.0. The third kappa shape index (κ3) is 5.44. The van der Waals surface area contributed by atoms with Gasteiger partial charge >= 0.3 is 5.97 Å². The van der Waals surface area contributed by atoms with E-state index < -0.39 is 5.97 Å². The minimum Gasteiger partial charge on any atom is -0.489 e. The van der Waals surface area contributed by atoms with Gasteiger partial charge in [-0.15, -0.1) is 0 Å². The molecular weight excluding hydrogens is 446 g/mol. The minimum atomic E-state index is -0.933. The topological polar surface area (TPSA) is 58.6 Å². The maximum atomic E-state index is 12.0. The van der Waals surface area contributed by atoms with E-state index in [4.69, 9.17) is 4.74 Å². The predicted octanol–water partition coefficient (Wildman–Crippen LogP) is 7.35. The Balaban J connectivity index is 1.56. The summed E-state index contributed by atoms with van der Waals surface area (Å²) in [7, 11) is 0. The van der Waals surface area contributed by atoms with Crippen LogP contribution in [0, 0.1) is 0 Å². The number of fused-ring (bicyclic) bond motifs is 2. The van der Waals surface area contributed by atoms with Crippen LogP contribution in [-0.4, -0.2) is 23.7 Å². The lowest BCUT2D eigenvalue weighted by Crippen LogP contribution is -2.37. The third-order valence-electron chi connectivity index (χ3n) is 7.19. The molecule has 1 heterocycles. The number of aliphatic carboxylic acids is 1. The van der Waals surface area contributed by atoms with Gasteiger partial charge in [0, 0.05) is 24.1 Å². The van der Waals surface area contributed by atoms with Crippen LogP contribution < -0.4 is 10.1 Å². The van der Waals surface area contributed by atoms with Crippen LogP contribution in [0.3, 0.4) is 0 Å². The van der Waals surface area contributed by atoms with Crippen LogP contribution in [-0.2, 0) is 4.79 Å². The lowest BCUT2D eigenvalue weighted by molar-refractivity contribution is -0.132. The molecule has 0 bridgehead atoms. The molecule has 0 unspecified atom stereocenters. The van der Waals surface area contributed by atoms with Crippen molar-refractivity contribution in [3.63, 3.8) is 0 Å². The molecule has 4 rings (SSSR count). The molecule has 0 spiro atoms. The SMILES string of the molecule is C=C(/C=C(/C(=O)O)C(C)=C(C)C)[C@@H]1C[C@H](CN[C@H](C)c2cccc3ccccc23)Oc2ccccc21. The fourth-order valence-electron chi connectivity index (χ4n) is 4.90. The lowest BCUT2D eigenvalue weighted by Gasteiger charge is -2.34. The first kappa shape index (κ1) is 25.5. The van der Waals surface area contributed by atoms with Crippen LogP contribution in [0.15, 0.2) is 102 Å². The normalized spacial score (nSPS) is 18.2. The largest absolute Gasteiger partial charge is 0.489 e. The van der Waals surface area contributed by atoms with E-state index >= 15 is 0 Å². The van der Waals surface area contributed by atoms with Gasteiger partial charge in [-0.2, -0.15) is 0 Å². The highest BCUT2D eigenvalue weighted by Crippen LogP contribution is 2.41. The van der Waals surface area contributed by atoms with E-state index in [1.54, 1.807) is 6.08 Å². The molecule has 0 saturated carbocycles. The average Bonchev–Trinajstić information content (AvgIpc) is 2.88. The van der Waals surface area contributed by atoms with Gasteiger partial charge in [-0.05, 0) is 73.7 Å². The Labute approximate surface area is 214 Å². The molecule has 0 radical (unpaired) electrons. The molecule has 1 aliphatic heterocycles. The average molecular weight is 482 g/mol. The molecule has 4 nitrogen and oxygen atoms in total. The van der Waals surface area contributed by atoms with Gasteiger partial charge in [-0.25, -0.2) is 4.79 Å². The van der Waals surface area contributed by atoms with Crippen LogP contribution in [0.2, 0.25) is 0 Å². The molecule has 0 amide bonds. The smallest absolute Gasteiger partial charge is 0.335 e. The number of para-hydroxylation sites is 1. The van der Waals surface area contributed by atoms with Crippen molar-refractivity contribution in [1.29, 1.82) is 0 Å². The molecule has 3 atom stereocenters. The highest BCUT2D eigenvalue weighted by atomic mass is 16.5. The lowest BCUT2D eigenvalue weighted by atomic mass is 9.83. The summed E-state index contributed by atoms with van der Waals surface area (Å²) in [6.07, 6.45) is 2.40. The molecule has 186 valence electrons. The summed E-state index contributed by atoms with van der Waals surface area (Å²) in [6, 6.07) is 23.0. The van der Waals surface area contributed by atoms with Crippen LogP contribution >= 0.6 is 0 Å². The van der Waals surface area contributed by atoms with Gasteiger partial charge in [0.2, 0.25) is 0 Å². The number of allylic oxidation sites excluding steroid dienone is 3. The highest BCUT2D eigenvalue weighted by Gasteiger charge is 2.30. The molecule has 0 aliphatic carbocycles. The summed E-state index contributed by atoms with van der Waals surface area (Å²) >= 11 is 0. The molecule has 36 heavy (non-hydrogen) atoms. The highest BCUT2D eigenvalue weighted by molar-refractivity contribution is 5.92. The zero-order chi connectivity index (χ0) is 25.8.